The molecule has 4 nitrogen and oxygen atoms in total. The molecule has 0 unspecified atom stereocenters. The van der Waals surface area contributed by atoms with Crippen LogP contribution in [0.1, 0.15) is 96.0 Å². The van der Waals surface area contributed by atoms with Crippen LogP contribution in [0.3, 0.4) is 0 Å². The molecule has 0 aromatic heterocycles. The summed E-state index contributed by atoms with van der Waals surface area (Å²) in [5.74, 6) is 0.0850. The van der Waals surface area contributed by atoms with E-state index >= 15 is 0 Å². The molecule has 0 aliphatic carbocycles. The standard InChI is InChI=1S/C25H45N3O/c1-2-3-4-5-6-7-8-9-10-16-21-28(22-23-17-12-11-13-18-23)25(29)24(27)19-14-15-20-26/h11-13,17-18,24H,2-10,14-16,19-22,26-27H2,1H3/t24-/m0/s1. The maximum Gasteiger partial charge on any atom is 0.239 e. The molecule has 0 bridgehead atoms. The summed E-state index contributed by atoms with van der Waals surface area (Å²) < 4.78 is 0. The summed E-state index contributed by atoms with van der Waals surface area (Å²) in [6.45, 7) is 4.38. The van der Waals surface area contributed by atoms with Gasteiger partial charge in [-0.2, -0.15) is 0 Å². The summed E-state index contributed by atoms with van der Waals surface area (Å²) in [7, 11) is 0. The van der Waals surface area contributed by atoms with Crippen LogP contribution in [0.2, 0.25) is 0 Å². The first-order valence-corrected chi connectivity index (χ1v) is 12.0. The van der Waals surface area contributed by atoms with Gasteiger partial charge in [0.15, 0.2) is 0 Å². The second-order valence-electron chi connectivity index (χ2n) is 8.32. The van der Waals surface area contributed by atoms with Crippen molar-refractivity contribution in [1.82, 2.24) is 4.90 Å². The fourth-order valence-corrected chi connectivity index (χ4v) is 3.73. The van der Waals surface area contributed by atoms with Crippen LogP contribution in [0.4, 0.5) is 0 Å². The van der Waals surface area contributed by atoms with Crippen molar-refractivity contribution in [3.63, 3.8) is 0 Å². The highest BCUT2D eigenvalue weighted by atomic mass is 16.2. The second-order valence-corrected chi connectivity index (χ2v) is 8.32. The first-order chi connectivity index (χ1) is 14.2. The van der Waals surface area contributed by atoms with Gasteiger partial charge in [0.2, 0.25) is 5.91 Å². The fourth-order valence-electron chi connectivity index (χ4n) is 3.73. The number of nitrogens with zero attached hydrogens (tertiary/aromatic N) is 1. The van der Waals surface area contributed by atoms with E-state index in [1.54, 1.807) is 0 Å². The van der Waals surface area contributed by atoms with Crippen LogP contribution in [-0.4, -0.2) is 29.9 Å². The lowest BCUT2D eigenvalue weighted by atomic mass is 10.1. The maximum atomic E-state index is 12.9. The predicted molar refractivity (Wildman–Crippen MR) is 125 cm³/mol. The van der Waals surface area contributed by atoms with E-state index in [-0.39, 0.29) is 5.91 Å². The van der Waals surface area contributed by atoms with E-state index in [0.717, 1.165) is 32.2 Å². The lowest BCUT2D eigenvalue weighted by Gasteiger charge is -2.26. The quantitative estimate of drug-likeness (QED) is 0.323. The Morgan fingerprint density at radius 2 is 1.45 bits per heavy atom. The van der Waals surface area contributed by atoms with Gasteiger partial charge in [0, 0.05) is 13.1 Å². The maximum absolute atomic E-state index is 12.9. The van der Waals surface area contributed by atoms with Crippen molar-refractivity contribution >= 4 is 5.91 Å². The average molecular weight is 404 g/mol. The Bertz CT molecular complexity index is 506. The topological polar surface area (TPSA) is 72.3 Å². The number of carbonyl (C=O) groups excluding carboxylic acids is 1. The van der Waals surface area contributed by atoms with Crippen molar-refractivity contribution < 1.29 is 4.79 Å². The first kappa shape index (κ1) is 25.6. The molecule has 1 aromatic rings. The molecule has 29 heavy (non-hydrogen) atoms. The van der Waals surface area contributed by atoms with Gasteiger partial charge in [-0.15, -0.1) is 0 Å². The van der Waals surface area contributed by atoms with Crippen molar-refractivity contribution in [1.29, 1.82) is 0 Å². The number of hydrogen-bond donors (Lipinski definition) is 2. The van der Waals surface area contributed by atoms with Crippen molar-refractivity contribution in [3.8, 4) is 0 Å². The zero-order chi connectivity index (χ0) is 21.2. The molecule has 0 aliphatic heterocycles. The molecule has 166 valence electrons. The van der Waals surface area contributed by atoms with Gasteiger partial charge in [0.05, 0.1) is 6.04 Å². The normalized spacial score (nSPS) is 12.1. The SMILES string of the molecule is CCCCCCCCCCCCN(Cc1ccccc1)C(=O)[C@@H](N)CCCCN. The van der Waals surface area contributed by atoms with Crippen LogP contribution in [0.25, 0.3) is 0 Å². The largest absolute Gasteiger partial charge is 0.337 e. The summed E-state index contributed by atoms with van der Waals surface area (Å²) in [6, 6.07) is 9.82. The summed E-state index contributed by atoms with van der Waals surface area (Å²) in [5.41, 5.74) is 12.9. The summed E-state index contributed by atoms with van der Waals surface area (Å²) in [5, 5.41) is 0. The van der Waals surface area contributed by atoms with Crippen molar-refractivity contribution in [2.75, 3.05) is 13.1 Å². The van der Waals surface area contributed by atoms with E-state index in [1.165, 1.54) is 63.4 Å². The van der Waals surface area contributed by atoms with Gasteiger partial charge < -0.3 is 16.4 Å². The molecule has 1 amide bonds. The van der Waals surface area contributed by atoms with Crippen molar-refractivity contribution in [2.45, 2.75) is 103 Å². The highest BCUT2D eigenvalue weighted by Gasteiger charge is 2.20. The first-order valence-electron chi connectivity index (χ1n) is 12.0. The van der Waals surface area contributed by atoms with Gasteiger partial charge in [0.1, 0.15) is 0 Å². The molecule has 4 N–H and O–H groups in total. The minimum Gasteiger partial charge on any atom is -0.337 e. The number of amides is 1. The molecule has 0 saturated heterocycles. The Kier molecular flexibility index (Phi) is 15.4. The molecule has 0 fully saturated rings. The Balaban J connectivity index is 2.35. The zero-order valence-electron chi connectivity index (χ0n) is 18.8. The smallest absolute Gasteiger partial charge is 0.239 e. The third-order valence-corrected chi connectivity index (χ3v) is 5.60. The molecule has 0 aliphatic rings. The van der Waals surface area contributed by atoms with Crippen LogP contribution in [-0.2, 0) is 11.3 Å². The van der Waals surface area contributed by atoms with Gasteiger partial charge in [-0.3, -0.25) is 4.79 Å². The lowest BCUT2D eigenvalue weighted by molar-refractivity contribution is -0.133. The van der Waals surface area contributed by atoms with Crippen LogP contribution >= 0.6 is 0 Å². The minimum absolute atomic E-state index is 0.0850. The van der Waals surface area contributed by atoms with E-state index in [4.69, 9.17) is 11.5 Å². The van der Waals surface area contributed by atoms with Gasteiger partial charge in [-0.25, -0.2) is 0 Å². The average Bonchev–Trinajstić information content (AvgIpc) is 2.74. The van der Waals surface area contributed by atoms with Crippen molar-refractivity contribution in [3.05, 3.63) is 35.9 Å². The number of unbranched alkanes of at least 4 members (excludes halogenated alkanes) is 10. The van der Waals surface area contributed by atoms with Crippen molar-refractivity contribution in [2.24, 2.45) is 11.5 Å². The molecule has 1 rings (SSSR count). The number of benzene rings is 1. The molecular formula is C25H45N3O. The molecular weight excluding hydrogens is 358 g/mol. The Hall–Kier alpha value is -1.39. The number of nitrogens with two attached hydrogens (primary N) is 2. The molecule has 0 spiro atoms. The lowest BCUT2D eigenvalue weighted by Crippen LogP contribution is -2.43. The van der Waals surface area contributed by atoms with Crippen LogP contribution in [0, 0.1) is 0 Å². The number of carbonyl (C=O) groups is 1. The third-order valence-electron chi connectivity index (χ3n) is 5.60. The Morgan fingerprint density at radius 1 is 0.862 bits per heavy atom. The minimum atomic E-state index is -0.409. The summed E-state index contributed by atoms with van der Waals surface area (Å²) >= 11 is 0. The van der Waals surface area contributed by atoms with Gasteiger partial charge in [0.25, 0.3) is 0 Å². The molecule has 1 aromatic carbocycles. The van der Waals surface area contributed by atoms with E-state index in [0.29, 0.717) is 13.1 Å². The van der Waals surface area contributed by atoms with Crippen LogP contribution < -0.4 is 11.5 Å². The molecule has 4 heteroatoms. The monoisotopic (exact) mass is 403 g/mol. The van der Waals surface area contributed by atoms with Gasteiger partial charge in [-0.05, 0) is 31.4 Å². The third kappa shape index (κ3) is 12.7. The van der Waals surface area contributed by atoms with Crippen LogP contribution in [0.5, 0.6) is 0 Å². The number of rotatable bonds is 18. The van der Waals surface area contributed by atoms with E-state index in [2.05, 4.69) is 19.1 Å². The molecule has 0 heterocycles. The van der Waals surface area contributed by atoms with Gasteiger partial charge in [-0.1, -0.05) is 101 Å². The Labute approximate surface area is 179 Å². The van der Waals surface area contributed by atoms with Gasteiger partial charge >= 0.3 is 0 Å². The second kappa shape index (κ2) is 17.5. The predicted octanol–water partition coefficient (Wildman–Crippen LogP) is 5.39. The van der Waals surface area contributed by atoms with Crippen LogP contribution in [0.15, 0.2) is 30.3 Å². The summed E-state index contributed by atoms with van der Waals surface area (Å²) in [4.78, 5) is 14.9. The molecule has 0 saturated carbocycles. The highest BCUT2D eigenvalue weighted by molar-refractivity contribution is 5.81. The highest BCUT2D eigenvalue weighted by Crippen LogP contribution is 2.13. The summed E-state index contributed by atoms with van der Waals surface area (Å²) in [6.07, 6.45) is 15.6. The Morgan fingerprint density at radius 3 is 2.03 bits per heavy atom. The fraction of sp³-hybridized carbons (Fsp3) is 0.720. The zero-order valence-corrected chi connectivity index (χ0v) is 18.8. The molecule has 0 radical (unpaired) electrons. The number of hydrogen-bond acceptors (Lipinski definition) is 3. The van der Waals surface area contributed by atoms with E-state index < -0.39 is 6.04 Å². The van der Waals surface area contributed by atoms with E-state index in [9.17, 15) is 4.79 Å². The molecule has 1 atom stereocenters. The van der Waals surface area contributed by atoms with E-state index in [1.807, 2.05) is 23.1 Å².